The van der Waals surface area contributed by atoms with Crippen LogP contribution in [0.25, 0.3) is 5.82 Å². The van der Waals surface area contributed by atoms with Crippen molar-refractivity contribution in [3.63, 3.8) is 0 Å². The van der Waals surface area contributed by atoms with E-state index >= 15 is 0 Å². The number of hydrogen-bond donors (Lipinski definition) is 0. The van der Waals surface area contributed by atoms with E-state index in [-0.39, 0.29) is 23.7 Å². The molecule has 158 valence electrons. The molecule has 10 heteroatoms. The quantitative estimate of drug-likeness (QED) is 0.596. The largest absolute Gasteiger partial charge is 0.491 e. The summed E-state index contributed by atoms with van der Waals surface area (Å²) in [5.41, 5.74) is 0. The standard InChI is InChI=1S/C20H22FN5O3S/c1-2-29-18-6-5-16(13-17(18)21)30(27,28)26-11-9-25(10-12-26)20-14-19(22-15-23-20)24-7-3-4-8-24/h3-8,13-15H,2,9-12H2,1H3. The van der Waals surface area contributed by atoms with Gasteiger partial charge in [-0.15, -0.1) is 0 Å². The predicted octanol–water partition coefficient (Wildman–Crippen LogP) is 2.32. The van der Waals surface area contributed by atoms with Gasteiger partial charge in [0.1, 0.15) is 18.0 Å². The maximum absolute atomic E-state index is 14.1. The SMILES string of the molecule is CCOc1ccc(S(=O)(=O)N2CCN(c3cc(-n4cccc4)ncn3)CC2)cc1F. The third kappa shape index (κ3) is 4.01. The molecule has 0 unspecified atom stereocenters. The van der Waals surface area contributed by atoms with Crippen LogP contribution in [0.1, 0.15) is 6.92 Å². The smallest absolute Gasteiger partial charge is 0.243 e. The Morgan fingerprint density at radius 2 is 1.73 bits per heavy atom. The van der Waals surface area contributed by atoms with Crippen LogP contribution in [0.5, 0.6) is 5.75 Å². The molecule has 3 heterocycles. The topological polar surface area (TPSA) is 80.6 Å². The molecule has 8 nitrogen and oxygen atoms in total. The van der Waals surface area contributed by atoms with Gasteiger partial charge >= 0.3 is 0 Å². The van der Waals surface area contributed by atoms with Gasteiger partial charge in [0.05, 0.1) is 11.5 Å². The van der Waals surface area contributed by atoms with Crippen molar-refractivity contribution in [3.05, 3.63) is 60.9 Å². The molecule has 1 aliphatic rings. The monoisotopic (exact) mass is 431 g/mol. The Hall–Kier alpha value is -2.98. The molecular weight excluding hydrogens is 409 g/mol. The number of ether oxygens (including phenoxy) is 1. The van der Waals surface area contributed by atoms with Crippen molar-refractivity contribution in [1.82, 2.24) is 18.8 Å². The van der Waals surface area contributed by atoms with Crippen LogP contribution >= 0.6 is 0 Å². The molecule has 0 saturated carbocycles. The zero-order chi connectivity index (χ0) is 21.1. The lowest BCUT2D eigenvalue weighted by atomic mass is 10.3. The van der Waals surface area contributed by atoms with Crippen molar-refractivity contribution < 1.29 is 17.5 Å². The first kappa shape index (κ1) is 20.3. The zero-order valence-electron chi connectivity index (χ0n) is 16.5. The minimum atomic E-state index is -3.79. The lowest BCUT2D eigenvalue weighted by Crippen LogP contribution is -2.49. The molecule has 0 bridgehead atoms. The summed E-state index contributed by atoms with van der Waals surface area (Å²) in [5.74, 6) is 0.835. The molecule has 0 spiro atoms. The van der Waals surface area contributed by atoms with Gasteiger partial charge in [-0.25, -0.2) is 22.8 Å². The number of nitrogens with zero attached hydrogens (tertiary/aromatic N) is 5. The molecule has 1 aliphatic heterocycles. The summed E-state index contributed by atoms with van der Waals surface area (Å²) in [7, 11) is -3.79. The first-order chi connectivity index (χ1) is 14.5. The van der Waals surface area contributed by atoms with Gasteiger partial charge in [-0.3, -0.25) is 0 Å². The lowest BCUT2D eigenvalue weighted by Gasteiger charge is -2.34. The van der Waals surface area contributed by atoms with E-state index in [4.69, 9.17) is 4.74 Å². The zero-order valence-corrected chi connectivity index (χ0v) is 17.3. The highest BCUT2D eigenvalue weighted by molar-refractivity contribution is 7.89. The fourth-order valence-electron chi connectivity index (χ4n) is 3.36. The van der Waals surface area contributed by atoms with Gasteiger partial charge in [-0.05, 0) is 37.3 Å². The molecule has 0 N–H and O–H groups in total. The second-order valence-corrected chi connectivity index (χ2v) is 8.68. The first-order valence-electron chi connectivity index (χ1n) is 9.62. The third-order valence-corrected chi connectivity index (χ3v) is 6.81. The van der Waals surface area contributed by atoms with Crippen LogP contribution in [0.4, 0.5) is 10.2 Å². The summed E-state index contributed by atoms with van der Waals surface area (Å²) in [5, 5.41) is 0. The van der Waals surface area contributed by atoms with E-state index in [2.05, 4.69) is 9.97 Å². The molecule has 0 amide bonds. The number of aromatic nitrogens is 3. The molecule has 1 aromatic carbocycles. The van der Waals surface area contributed by atoms with Crippen LogP contribution in [-0.2, 0) is 10.0 Å². The highest BCUT2D eigenvalue weighted by atomic mass is 32.2. The van der Waals surface area contributed by atoms with Gasteiger partial charge in [0.2, 0.25) is 10.0 Å². The van der Waals surface area contributed by atoms with Crippen LogP contribution < -0.4 is 9.64 Å². The summed E-state index contributed by atoms with van der Waals surface area (Å²) in [4.78, 5) is 10.5. The Labute approximate surface area is 174 Å². The average Bonchev–Trinajstić information content (AvgIpc) is 3.30. The Kier molecular flexibility index (Phi) is 5.69. The van der Waals surface area contributed by atoms with Gasteiger partial charge in [0.25, 0.3) is 0 Å². The van der Waals surface area contributed by atoms with Gasteiger partial charge in [0.15, 0.2) is 11.6 Å². The van der Waals surface area contributed by atoms with Crippen LogP contribution in [0, 0.1) is 5.82 Å². The molecule has 30 heavy (non-hydrogen) atoms. The van der Waals surface area contributed by atoms with Gasteiger partial charge in [-0.1, -0.05) is 0 Å². The molecule has 3 aromatic rings. The number of anilines is 1. The maximum atomic E-state index is 14.1. The maximum Gasteiger partial charge on any atom is 0.243 e. The summed E-state index contributed by atoms with van der Waals surface area (Å²) in [6.07, 6.45) is 5.29. The van der Waals surface area contributed by atoms with Crippen LogP contribution in [0.15, 0.2) is 60.0 Å². The number of rotatable bonds is 6. The van der Waals surface area contributed by atoms with Crippen molar-refractivity contribution in [2.45, 2.75) is 11.8 Å². The molecule has 2 aromatic heterocycles. The molecule has 1 saturated heterocycles. The fourth-order valence-corrected chi connectivity index (χ4v) is 4.79. The second-order valence-electron chi connectivity index (χ2n) is 6.74. The van der Waals surface area contributed by atoms with Crippen molar-refractivity contribution in [1.29, 1.82) is 0 Å². The van der Waals surface area contributed by atoms with E-state index in [1.54, 1.807) is 6.92 Å². The highest BCUT2D eigenvalue weighted by Gasteiger charge is 2.29. The Morgan fingerprint density at radius 1 is 1.03 bits per heavy atom. The normalized spacial score (nSPS) is 15.3. The van der Waals surface area contributed by atoms with E-state index in [0.29, 0.717) is 19.7 Å². The van der Waals surface area contributed by atoms with Crippen molar-refractivity contribution in [3.8, 4) is 11.6 Å². The summed E-state index contributed by atoms with van der Waals surface area (Å²) < 4.78 is 48.4. The van der Waals surface area contributed by atoms with E-state index in [1.165, 1.54) is 22.8 Å². The first-order valence-corrected chi connectivity index (χ1v) is 11.1. The van der Waals surface area contributed by atoms with Crippen molar-refractivity contribution >= 4 is 15.8 Å². The number of piperazine rings is 1. The van der Waals surface area contributed by atoms with E-state index in [9.17, 15) is 12.8 Å². The Bertz CT molecular complexity index is 1110. The van der Waals surface area contributed by atoms with Gasteiger partial charge in [0, 0.05) is 44.6 Å². The number of halogens is 1. The van der Waals surface area contributed by atoms with Gasteiger partial charge < -0.3 is 14.2 Å². The second kappa shape index (κ2) is 8.41. The molecule has 0 atom stereocenters. The Morgan fingerprint density at radius 3 is 2.40 bits per heavy atom. The summed E-state index contributed by atoms with van der Waals surface area (Å²) in [6.45, 7) is 3.55. The van der Waals surface area contributed by atoms with Crippen LogP contribution in [-0.4, -0.2) is 60.0 Å². The lowest BCUT2D eigenvalue weighted by molar-refractivity contribution is 0.321. The summed E-state index contributed by atoms with van der Waals surface area (Å²) in [6, 6.07) is 9.44. The van der Waals surface area contributed by atoms with E-state index in [0.717, 1.165) is 17.7 Å². The fraction of sp³-hybridized carbons (Fsp3) is 0.300. The highest BCUT2D eigenvalue weighted by Crippen LogP contribution is 2.25. The third-order valence-electron chi connectivity index (χ3n) is 4.91. The van der Waals surface area contributed by atoms with Crippen molar-refractivity contribution in [2.24, 2.45) is 0 Å². The molecule has 0 aliphatic carbocycles. The van der Waals surface area contributed by atoms with Gasteiger partial charge in [-0.2, -0.15) is 4.31 Å². The van der Waals surface area contributed by atoms with Crippen molar-refractivity contribution in [2.75, 3.05) is 37.7 Å². The summed E-state index contributed by atoms with van der Waals surface area (Å²) >= 11 is 0. The Balaban J connectivity index is 1.47. The number of sulfonamides is 1. The minimum Gasteiger partial charge on any atom is -0.491 e. The molecule has 4 rings (SSSR count). The average molecular weight is 431 g/mol. The predicted molar refractivity (Wildman–Crippen MR) is 110 cm³/mol. The molecule has 0 radical (unpaired) electrons. The number of benzene rings is 1. The molecular formula is C20H22FN5O3S. The number of hydrogen-bond acceptors (Lipinski definition) is 6. The minimum absolute atomic E-state index is 0.0449. The van der Waals surface area contributed by atoms with E-state index < -0.39 is 15.8 Å². The van der Waals surface area contributed by atoms with Crippen LogP contribution in [0.3, 0.4) is 0 Å². The van der Waals surface area contributed by atoms with Crippen LogP contribution in [0.2, 0.25) is 0 Å². The molecule has 1 fully saturated rings. The van der Waals surface area contributed by atoms with E-state index in [1.807, 2.05) is 40.1 Å².